The van der Waals surface area contributed by atoms with Crippen molar-refractivity contribution in [2.75, 3.05) is 0 Å². The van der Waals surface area contributed by atoms with Crippen LogP contribution in [0.15, 0.2) is 36.8 Å². The van der Waals surface area contributed by atoms with E-state index in [1.54, 1.807) is 12.5 Å². The van der Waals surface area contributed by atoms with E-state index in [9.17, 15) is 9.50 Å². The summed E-state index contributed by atoms with van der Waals surface area (Å²) in [6.07, 6.45) is 3.36. The van der Waals surface area contributed by atoms with E-state index in [-0.39, 0.29) is 6.04 Å². The number of fused-ring (bicyclic) bond motifs is 3. The van der Waals surface area contributed by atoms with Gasteiger partial charge in [-0.15, -0.1) is 0 Å². The molecule has 1 aromatic carbocycles. The van der Waals surface area contributed by atoms with Gasteiger partial charge >= 0.3 is 0 Å². The van der Waals surface area contributed by atoms with Crippen LogP contribution in [0.3, 0.4) is 0 Å². The summed E-state index contributed by atoms with van der Waals surface area (Å²) >= 11 is 0. The van der Waals surface area contributed by atoms with Gasteiger partial charge in [-0.3, -0.25) is 0 Å². The summed E-state index contributed by atoms with van der Waals surface area (Å²) in [4.78, 5) is 4.11. The average molecular weight is 244 g/mol. The SMILES string of the molecule is OC(C1c2ccccc2-c2cncn21)C1(F)CC1. The number of benzene rings is 1. The van der Waals surface area contributed by atoms with Crippen LogP contribution in [0.2, 0.25) is 0 Å². The number of hydrogen-bond acceptors (Lipinski definition) is 2. The fourth-order valence-electron chi connectivity index (χ4n) is 2.89. The second kappa shape index (κ2) is 3.20. The molecule has 4 rings (SSSR count). The van der Waals surface area contributed by atoms with E-state index in [1.807, 2.05) is 28.8 Å². The number of rotatable bonds is 2. The van der Waals surface area contributed by atoms with Crippen LogP contribution in [-0.2, 0) is 0 Å². The molecule has 2 unspecified atom stereocenters. The molecule has 0 saturated heterocycles. The molecule has 1 saturated carbocycles. The van der Waals surface area contributed by atoms with E-state index < -0.39 is 11.8 Å². The second-order valence-corrected chi connectivity index (χ2v) is 5.20. The summed E-state index contributed by atoms with van der Waals surface area (Å²) in [5, 5.41) is 10.3. The van der Waals surface area contributed by atoms with E-state index >= 15 is 0 Å². The fourth-order valence-corrected chi connectivity index (χ4v) is 2.89. The van der Waals surface area contributed by atoms with Gasteiger partial charge in [0.25, 0.3) is 0 Å². The molecule has 0 spiro atoms. The predicted octanol–water partition coefficient (Wildman–Crippen LogP) is 2.32. The van der Waals surface area contributed by atoms with Crippen LogP contribution in [-0.4, -0.2) is 26.4 Å². The van der Waals surface area contributed by atoms with Crippen molar-refractivity contribution in [3.05, 3.63) is 42.4 Å². The molecule has 2 heterocycles. The molecule has 2 aliphatic rings. The van der Waals surface area contributed by atoms with Gasteiger partial charge in [-0.1, -0.05) is 24.3 Å². The number of imidazole rings is 1. The van der Waals surface area contributed by atoms with Crippen molar-refractivity contribution in [2.24, 2.45) is 0 Å². The number of aromatic nitrogens is 2. The number of nitrogens with zero attached hydrogens (tertiary/aromatic N) is 2. The standard InChI is InChI=1S/C14H13FN2O/c15-14(5-6-14)13(18)12-10-4-2-1-3-9(10)11-7-16-8-17(11)12/h1-4,7-8,12-13,18H,5-6H2. The minimum Gasteiger partial charge on any atom is -0.387 e. The molecule has 1 aliphatic heterocycles. The third-order valence-corrected chi connectivity index (χ3v) is 4.08. The van der Waals surface area contributed by atoms with Gasteiger partial charge < -0.3 is 9.67 Å². The Bertz CT molecular complexity index is 618. The summed E-state index contributed by atoms with van der Waals surface area (Å²) in [5.74, 6) is 0. The molecule has 0 radical (unpaired) electrons. The first-order valence-corrected chi connectivity index (χ1v) is 6.19. The molecule has 4 heteroatoms. The maximum absolute atomic E-state index is 14.2. The highest BCUT2D eigenvalue weighted by molar-refractivity contribution is 5.69. The largest absolute Gasteiger partial charge is 0.387 e. The lowest BCUT2D eigenvalue weighted by molar-refractivity contribution is 0.0330. The Kier molecular flexibility index (Phi) is 1.83. The third-order valence-electron chi connectivity index (χ3n) is 4.08. The lowest BCUT2D eigenvalue weighted by atomic mass is 9.96. The molecule has 2 atom stereocenters. The molecule has 0 amide bonds. The maximum atomic E-state index is 14.2. The lowest BCUT2D eigenvalue weighted by Gasteiger charge is -2.24. The van der Waals surface area contributed by atoms with Gasteiger partial charge in [-0.2, -0.15) is 0 Å². The molecular weight excluding hydrogens is 231 g/mol. The van der Waals surface area contributed by atoms with E-state index in [2.05, 4.69) is 4.98 Å². The Morgan fingerprint density at radius 1 is 1.39 bits per heavy atom. The highest BCUT2D eigenvalue weighted by Gasteiger charge is 2.54. The molecule has 1 fully saturated rings. The number of aliphatic hydroxyl groups is 1. The average Bonchev–Trinajstić information content (AvgIpc) is 2.87. The zero-order chi connectivity index (χ0) is 12.3. The number of hydrogen-bond donors (Lipinski definition) is 1. The van der Waals surface area contributed by atoms with Crippen LogP contribution in [0.25, 0.3) is 11.3 Å². The highest BCUT2D eigenvalue weighted by Crippen LogP contribution is 2.51. The molecule has 1 aliphatic carbocycles. The van der Waals surface area contributed by atoms with Crippen LogP contribution in [0.5, 0.6) is 0 Å². The lowest BCUT2D eigenvalue weighted by Crippen LogP contribution is -2.33. The summed E-state index contributed by atoms with van der Waals surface area (Å²) in [5.41, 5.74) is 1.58. The fraction of sp³-hybridized carbons (Fsp3) is 0.357. The van der Waals surface area contributed by atoms with Gasteiger partial charge in [0.1, 0.15) is 11.8 Å². The Morgan fingerprint density at radius 3 is 2.94 bits per heavy atom. The second-order valence-electron chi connectivity index (χ2n) is 5.20. The Morgan fingerprint density at radius 2 is 2.17 bits per heavy atom. The van der Waals surface area contributed by atoms with Crippen molar-refractivity contribution in [3.63, 3.8) is 0 Å². The highest BCUT2D eigenvalue weighted by atomic mass is 19.1. The zero-order valence-corrected chi connectivity index (χ0v) is 9.75. The Labute approximate surface area is 104 Å². The van der Waals surface area contributed by atoms with Gasteiger partial charge in [-0.25, -0.2) is 9.37 Å². The van der Waals surface area contributed by atoms with E-state index in [1.165, 1.54) is 0 Å². The van der Waals surface area contributed by atoms with Gasteiger partial charge in [-0.05, 0) is 18.4 Å². The van der Waals surface area contributed by atoms with E-state index in [4.69, 9.17) is 0 Å². The zero-order valence-electron chi connectivity index (χ0n) is 9.75. The first-order chi connectivity index (χ1) is 8.71. The first kappa shape index (κ1) is 10.3. The van der Waals surface area contributed by atoms with Crippen LogP contribution in [0, 0.1) is 0 Å². The van der Waals surface area contributed by atoms with Crippen molar-refractivity contribution >= 4 is 0 Å². The Hall–Kier alpha value is -1.68. The van der Waals surface area contributed by atoms with Gasteiger partial charge in [0.05, 0.1) is 24.3 Å². The van der Waals surface area contributed by atoms with Crippen LogP contribution in [0.1, 0.15) is 24.4 Å². The molecule has 18 heavy (non-hydrogen) atoms. The van der Waals surface area contributed by atoms with E-state index in [0.717, 1.165) is 16.8 Å². The maximum Gasteiger partial charge on any atom is 0.139 e. The summed E-state index contributed by atoms with van der Waals surface area (Å²) < 4.78 is 16.0. The first-order valence-electron chi connectivity index (χ1n) is 6.19. The van der Waals surface area contributed by atoms with Crippen molar-refractivity contribution in [1.82, 2.24) is 9.55 Å². The van der Waals surface area contributed by atoms with Crippen molar-refractivity contribution in [3.8, 4) is 11.3 Å². The number of aliphatic hydroxyl groups excluding tert-OH is 1. The van der Waals surface area contributed by atoms with Gasteiger partial charge in [0.2, 0.25) is 0 Å². The number of halogens is 1. The van der Waals surface area contributed by atoms with Crippen molar-refractivity contribution < 1.29 is 9.50 Å². The van der Waals surface area contributed by atoms with Crippen molar-refractivity contribution in [2.45, 2.75) is 30.7 Å². The predicted molar refractivity (Wildman–Crippen MR) is 64.9 cm³/mol. The summed E-state index contributed by atoms with van der Waals surface area (Å²) in [6, 6.07) is 7.49. The topological polar surface area (TPSA) is 38.1 Å². The quantitative estimate of drug-likeness (QED) is 0.880. The molecule has 92 valence electrons. The van der Waals surface area contributed by atoms with Crippen LogP contribution in [0.4, 0.5) is 4.39 Å². The smallest absolute Gasteiger partial charge is 0.139 e. The van der Waals surface area contributed by atoms with Crippen LogP contribution >= 0.6 is 0 Å². The minimum atomic E-state index is -1.41. The van der Waals surface area contributed by atoms with Crippen molar-refractivity contribution in [1.29, 1.82) is 0 Å². The molecule has 2 aromatic rings. The molecule has 0 bridgehead atoms. The monoisotopic (exact) mass is 244 g/mol. The third kappa shape index (κ3) is 1.18. The molecular formula is C14H13FN2O. The molecule has 3 nitrogen and oxygen atoms in total. The summed E-state index contributed by atoms with van der Waals surface area (Å²) in [7, 11) is 0. The van der Waals surface area contributed by atoms with Crippen LogP contribution < -0.4 is 0 Å². The summed E-state index contributed by atoms with van der Waals surface area (Å²) in [6.45, 7) is 0. The molecule has 1 aromatic heterocycles. The Balaban J connectivity index is 1.89. The molecule has 1 N–H and O–H groups in total. The van der Waals surface area contributed by atoms with Gasteiger partial charge in [0, 0.05) is 5.56 Å². The number of alkyl halides is 1. The van der Waals surface area contributed by atoms with E-state index in [0.29, 0.717) is 12.8 Å². The van der Waals surface area contributed by atoms with Gasteiger partial charge in [0.15, 0.2) is 0 Å². The minimum absolute atomic E-state index is 0.341. The normalized spacial score (nSPS) is 24.4.